The summed E-state index contributed by atoms with van der Waals surface area (Å²) in [5.74, 6) is -0.0197. The molecule has 21 heavy (non-hydrogen) atoms. The first-order chi connectivity index (χ1) is 9.57. The SMILES string of the molecule is CC1(C)CC(=O)C=C(NC2C=C(C(F)(F)F)C=CC2N)C1. The summed E-state index contributed by atoms with van der Waals surface area (Å²) in [6.07, 6.45) is 1.53. The third-order valence-corrected chi connectivity index (χ3v) is 3.61. The van der Waals surface area contributed by atoms with Gasteiger partial charge in [0.15, 0.2) is 5.78 Å². The minimum Gasteiger partial charge on any atom is -0.380 e. The Hall–Kier alpha value is -1.56. The lowest BCUT2D eigenvalue weighted by Gasteiger charge is -2.33. The highest BCUT2D eigenvalue weighted by Crippen LogP contribution is 2.34. The zero-order valence-electron chi connectivity index (χ0n) is 12.0. The minimum atomic E-state index is -4.40. The van der Waals surface area contributed by atoms with Crippen molar-refractivity contribution in [2.24, 2.45) is 11.1 Å². The molecule has 3 N–H and O–H groups in total. The Balaban J connectivity index is 2.17. The quantitative estimate of drug-likeness (QED) is 0.824. The molecule has 116 valence electrons. The van der Waals surface area contributed by atoms with Gasteiger partial charge in [-0.3, -0.25) is 4.79 Å². The van der Waals surface area contributed by atoms with Crippen molar-refractivity contribution in [2.75, 3.05) is 0 Å². The van der Waals surface area contributed by atoms with Crippen molar-refractivity contribution < 1.29 is 18.0 Å². The lowest BCUT2D eigenvalue weighted by Crippen LogP contribution is -2.45. The maximum atomic E-state index is 12.7. The van der Waals surface area contributed by atoms with E-state index in [1.54, 1.807) is 0 Å². The predicted octanol–water partition coefficient (Wildman–Crippen LogP) is 2.60. The first kappa shape index (κ1) is 15.8. The molecule has 0 saturated heterocycles. The number of ketones is 1. The second-order valence-electron chi connectivity index (χ2n) is 6.38. The van der Waals surface area contributed by atoms with E-state index in [4.69, 9.17) is 5.73 Å². The van der Waals surface area contributed by atoms with Gasteiger partial charge in [-0.15, -0.1) is 0 Å². The van der Waals surface area contributed by atoms with Crippen molar-refractivity contribution in [3.63, 3.8) is 0 Å². The minimum absolute atomic E-state index is 0.0197. The van der Waals surface area contributed by atoms with Crippen LogP contribution >= 0.6 is 0 Å². The van der Waals surface area contributed by atoms with E-state index < -0.39 is 23.8 Å². The number of allylic oxidation sites excluding steroid dienone is 4. The highest BCUT2D eigenvalue weighted by molar-refractivity contribution is 5.91. The molecule has 2 aliphatic rings. The maximum absolute atomic E-state index is 12.7. The van der Waals surface area contributed by atoms with Crippen molar-refractivity contribution in [3.05, 3.63) is 35.6 Å². The zero-order valence-corrected chi connectivity index (χ0v) is 12.0. The molecule has 0 spiro atoms. The second kappa shape index (κ2) is 5.33. The molecule has 2 aliphatic carbocycles. The fourth-order valence-corrected chi connectivity index (χ4v) is 2.67. The molecule has 0 aromatic heterocycles. The third-order valence-electron chi connectivity index (χ3n) is 3.61. The molecule has 2 atom stereocenters. The van der Waals surface area contributed by atoms with Crippen molar-refractivity contribution in [2.45, 2.75) is 44.9 Å². The Morgan fingerprint density at radius 1 is 1.33 bits per heavy atom. The summed E-state index contributed by atoms with van der Waals surface area (Å²) in [4.78, 5) is 11.7. The number of halogens is 3. The van der Waals surface area contributed by atoms with E-state index in [0.717, 1.165) is 12.2 Å². The first-order valence-corrected chi connectivity index (χ1v) is 6.80. The van der Waals surface area contributed by atoms with Gasteiger partial charge in [0.25, 0.3) is 0 Å². The van der Waals surface area contributed by atoms with Crippen LogP contribution in [0.25, 0.3) is 0 Å². The highest BCUT2D eigenvalue weighted by atomic mass is 19.4. The van der Waals surface area contributed by atoms with Gasteiger partial charge >= 0.3 is 6.18 Å². The first-order valence-electron chi connectivity index (χ1n) is 6.80. The number of hydrogen-bond donors (Lipinski definition) is 2. The number of carbonyl (C=O) groups excluding carboxylic acids is 1. The van der Waals surface area contributed by atoms with Crippen LogP contribution in [-0.4, -0.2) is 24.0 Å². The van der Waals surface area contributed by atoms with E-state index in [2.05, 4.69) is 5.32 Å². The average molecular weight is 300 g/mol. The summed E-state index contributed by atoms with van der Waals surface area (Å²) in [5.41, 5.74) is 5.56. The van der Waals surface area contributed by atoms with E-state index in [1.807, 2.05) is 13.8 Å². The largest absolute Gasteiger partial charge is 0.416 e. The van der Waals surface area contributed by atoms with Gasteiger partial charge in [0, 0.05) is 24.2 Å². The lowest BCUT2D eigenvalue weighted by molar-refractivity contribution is -0.117. The predicted molar refractivity (Wildman–Crippen MR) is 74.3 cm³/mol. The molecule has 2 unspecified atom stereocenters. The van der Waals surface area contributed by atoms with Gasteiger partial charge < -0.3 is 11.1 Å². The molecule has 0 heterocycles. The summed E-state index contributed by atoms with van der Waals surface area (Å²) >= 11 is 0. The summed E-state index contributed by atoms with van der Waals surface area (Å²) < 4.78 is 38.2. The van der Waals surface area contributed by atoms with E-state index >= 15 is 0 Å². The number of carbonyl (C=O) groups is 1. The summed E-state index contributed by atoms with van der Waals surface area (Å²) in [6, 6.07) is -1.23. The molecule has 0 aromatic rings. The van der Waals surface area contributed by atoms with Crippen molar-refractivity contribution in [1.82, 2.24) is 5.32 Å². The molecule has 2 rings (SSSR count). The standard InChI is InChI=1S/C15H19F3N2O/c1-14(2)7-10(6-11(21)8-14)20-13-5-9(15(16,17)18)3-4-12(13)19/h3-6,12-13,20H,7-8,19H2,1-2H3. The fourth-order valence-electron chi connectivity index (χ4n) is 2.67. The Morgan fingerprint density at radius 3 is 2.57 bits per heavy atom. The average Bonchev–Trinajstić information content (AvgIpc) is 2.27. The van der Waals surface area contributed by atoms with Crippen LogP contribution < -0.4 is 11.1 Å². The smallest absolute Gasteiger partial charge is 0.380 e. The molecule has 0 saturated carbocycles. The fraction of sp³-hybridized carbons (Fsp3) is 0.533. The summed E-state index contributed by atoms with van der Waals surface area (Å²) in [5, 5.41) is 2.98. The number of rotatable bonds is 2. The van der Waals surface area contributed by atoms with Gasteiger partial charge in [0.05, 0.1) is 11.6 Å². The van der Waals surface area contributed by atoms with Gasteiger partial charge in [-0.2, -0.15) is 13.2 Å². The van der Waals surface area contributed by atoms with E-state index in [0.29, 0.717) is 18.5 Å². The second-order valence-corrected chi connectivity index (χ2v) is 6.38. The van der Waals surface area contributed by atoms with Crippen LogP contribution in [0.4, 0.5) is 13.2 Å². The Bertz CT molecular complexity index is 530. The molecule has 0 fully saturated rings. The van der Waals surface area contributed by atoms with Gasteiger partial charge in [0.1, 0.15) is 0 Å². The van der Waals surface area contributed by atoms with Crippen LogP contribution in [0.5, 0.6) is 0 Å². The van der Waals surface area contributed by atoms with E-state index in [1.165, 1.54) is 12.2 Å². The molecular weight excluding hydrogens is 281 g/mol. The highest BCUT2D eigenvalue weighted by Gasteiger charge is 2.35. The Morgan fingerprint density at radius 2 is 2.00 bits per heavy atom. The van der Waals surface area contributed by atoms with Crippen molar-refractivity contribution in [1.29, 1.82) is 0 Å². The monoisotopic (exact) mass is 300 g/mol. The van der Waals surface area contributed by atoms with Crippen molar-refractivity contribution >= 4 is 5.78 Å². The van der Waals surface area contributed by atoms with Crippen molar-refractivity contribution in [3.8, 4) is 0 Å². The van der Waals surface area contributed by atoms with Crippen LogP contribution in [0.3, 0.4) is 0 Å². The summed E-state index contributed by atoms with van der Waals surface area (Å²) in [6.45, 7) is 3.91. The molecule has 0 aromatic carbocycles. The molecule has 0 radical (unpaired) electrons. The topological polar surface area (TPSA) is 55.1 Å². The van der Waals surface area contributed by atoms with Crippen LogP contribution in [-0.2, 0) is 4.79 Å². The summed E-state index contributed by atoms with van der Waals surface area (Å²) in [7, 11) is 0. The van der Waals surface area contributed by atoms with Crippen LogP contribution in [0.1, 0.15) is 26.7 Å². The zero-order chi connectivity index (χ0) is 15.8. The molecular formula is C15H19F3N2O. The van der Waals surface area contributed by atoms with E-state index in [9.17, 15) is 18.0 Å². The Labute approximate surface area is 121 Å². The van der Waals surface area contributed by atoms with Gasteiger partial charge in [-0.1, -0.05) is 26.0 Å². The number of nitrogens with one attached hydrogen (secondary N) is 1. The number of nitrogens with two attached hydrogens (primary N) is 1. The lowest BCUT2D eigenvalue weighted by atomic mass is 9.78. The molecule has 0 aliphatic heterocycles. The van der Waals surface area contributed by atoms with Gasteiger partial charge in [-0.25, -0.2) is 0 Å². The van der Waals surface area contributed by atoms with E-state index in [-0.39, 0.29) is 11.2 Å². The maximum Gasteiger partial charge on any atom is 0.416 e. The Kier molecular flexibility index (Phi) is 4.02. The molecule has 0 amide bonds. The number of alkyl halides is 3. The third kappa shape index (κ3) is 3.97. The van der Waals surface area contributed by atoms with Gasteiger partial charge in [0.2, 0.25) is 0 Å². The molecule has 0 bridgehead atoms. The molecule has 3 nitrogen and oxygen atoms in total. The van der Waals surface area contributed by atoms with Crippen LogP contribution in [0.15, 0.2) is 35.6 Å². The van der Waals surface area contributed by atoms with Crippen LogP contribution in [0.2, 0.25) is 0 Å². The van der Waals surface area contributed by atoms with Gasteiger partial charge in [-0.05, 0) is 17.9 Å². The number of hydrogen-bond acceptors (Lipinski definition) is 3. The van der Waals surface area contributed by atoms with Crippen LogP contribution in [0, 0.1) is 5.41 Å². The normalized spacial score (nSPS) is 29.0. The molecule has 6 heteroatoms.